The molecule has 3 N–H and O–H groups in total. The maximum absolute atomic E-state index is 13.3. The molecule has 0 fully saturated rings. The van der Waals surface area contributed by atoms with Gasteiger partial charge in [0.25, 0.3) is 0 Å². The summed E-state index contributed by atoms with van der Waals surface area (Å²) in [7, 11) is 0. The number of ether oxygens (including phenoxy) is 1. The molecule has 0 aromatic carbocycles. The topological polar surface area (TPSA) is 152 Å². The maximum atomic E-state index is 13.3. The molecular weight excluding hydrogens is 418 g/mol. The van der Waals surface area contributed by atoms with E-state index in [2.05, 4.69) is 10.2 Å². The summed E-state index contributed by atoms with van der Waals surface area (Å²) >= 11 is 0. The fourth-order valence-corrected chi connectivity index (χ4v) is 3.98. The van der Waals surface area contributed by atoms with Crippen molar-refractivity contribution in [3.63, 3.8) is 0 Å². The monoisotopic (exact) mass is 445 g/mol. The highest BCUT2D eigenvalue weighted by Crippen LogP contribution is 2.47. The molecule has 2 aromatic heterocycles. The van der Waals surface area contributed by atoms with Gasteiger partial charge in [-0.15, -0.1) is 5.10 Å². The summed E-state index contributed by atoms with van der Waals surface area (Å²) in [6.45, 7) is 5.26. The SMILES string of the molecule is CC(C)(C)OC(=O)[C@@H]1Cc2c(c(O)n(CCCC(=O)O)c2O)C(C(=O)c2cccnn2)C1. The van der Waals surface area contributed by atoms with E-state index in [9.17, 15) is 24.6 Å². The molecule has 2 aromatic rings. The Morgan fingerprint density at radius 3 is 2.53 bits per heavy atom. The van der Waals surface area contributed by atoms with E-state index in [0.717, 1.165) is 0 Å². The molecule has 0 amide bonds. The predicted molar refractivity (Wildman–Crippen MR) is 111 cm³/mol. The third-order valence-corrected chi connectivity index (χ3v) is 5.32. The molecule has 0 spiro atoms. The lowest BCUT2D eigenvalue weighted by Crippen LogP contribution is -2.34. The number of carbonyl (C=O) groups is 3. The summed E-state index contributed by atoms with van der Waals surface area (Å²) in [6.07, 6.45) is 1.60. The van der Waals surface area contributed by atoms with Crippen LogP contribution in [0.5, 0.6) is 11.8 Å². The van der Waals surface area contributed by atoms with Gasteiger partial charge in [0.05, 0.1) is 11.8 Å². The van der Waals surface area contributed by atoms with Crippen molar-refractivity contribution in [1.29, 1.82) is 0 Å². The van der Waals surface area contributed by atoms with Crippen molar-refractivity contribution in [2.75, 3.05) is 0 Å². The quantitative estimate of drug-likeness (QED) is 0.431. The minimum atomic E-state index is -0.999. The Hall–Kier alpha value is -3.43. The maximum Gasteiger partial charge on any atom is 0.309 e. The molecule has 3 rings (SSSR count). The number of hydrogen-bond acceptors (Lipinski definition) is 8. The molecular formula is C22H27N3O7. The first-order chi connectivity index (χ1) is 15.0. The number of carbonyl (C=O) groups excluding carboxylic acids is 2. The van der Waals surface area contributed by atoms with Crippen molar-refractivity contribution in [3.8, 4) is 11.8 Å². The summed E-state index contributed by atoms with van der Waals surface area (Å²) < 4.78 is 6.68. The van der Waals surface area contributed by atoms with Gasteiger partial charge in [-0.1, -0.05) is 0 Å². The number of aliphatic carboxylic acids is 1. The normalized spacial score (nSPS) is 18.1. The van der Waals surface area contributed by atoms with E-state index in [4.69, 9.17) is 9.84 Å². The zero-order valence-corrected chi connectivity index (χ0v) is 18.2. The summed E-state index contributed by atoms with van der Waals surface area (Å²) in [5.74, 6) is -4.20. The number of aromatic hydroxyl groups is 2. The Bertz CT molecular complexity index is 1020. The number of carboxylic acid groups (broad SMARTS) is 1. The van der Waals surface area contributed by atoms with E-state index < -0.39 is 35.2 Å². The predicted octanol–water partition coefficient (Wildman–Crippen LogP) is 2.42. The van der Waals surface area contributed by atoms with Crippen LogP contribution in [0.15, 0.2) is 18.3 Å². The lowest BCUT2D eigenvalue weighted by atomic mass is 9.75. The standard InChI is InChI=1S/C22H27N3O7/c1-22(2,3)32-21(31)12-10-13(18(28)15-6-4-8-23-24-15)17-14(11-12)19(29)25(20(17)30)9-5-7-16(26)27/h4,6,8,12-13,29-30H,5,7,9-11H2,1-3H3,(H,26,27)/t12-,13?/m0/s1. The summed E-state index contributed by atoms with van der Waals surface area (Å²) in [4.78, 5) is 36.9. The van der Waals surface area contributed by atoms with Crippen LogP contribution in [0.2, 0.25) is 0 Å². The van der Waals surface area contributed by atoms with Crippen molar-refractivity contribution in [2.24, 2.45) is 5.92 Å². The number of fused-ring (bicyclic) bond motifs is 1. The molecule has 10 heteroatoms. The van der Waals surface area contributed by atoms with Gasteiger partial charge >= 0.3 is 11.9 Å². The Kier molecular flexibility index (Phi) is 6.52. The molecule has 10 nitrogen and oxygen atoms in total. The average molecular weight is 445 g/mol. The third-order valence-electron chi connectivity index (χ3n) is 5.32. The van der Waals surface area contributed by atoms with Gasteiger partial charge < -0.3 is 20.1 Å². The molecule has 32 heavy (non-hydrogen) atoms. The Labute approximate surface area is 184 Å². The van der Waals surface area contributed by atoms with E-state index in [0.29, 0.717) is 0 Å². The molecule has 0 bridgehead atoms. The second-order valence-corrected chi connectivity index (χ2v) is 8.88. The average Bonchev–Trinajstić information content (AvgIpc) is 2.96. The third kappa shape index (κ3) is 4.90. The molecule has 0 saturated carbocycles. The Morgan fingerprint density at radius 1 is 1.22 bits per heavy atom. The highest BCUT2D eigenvalue weighted by atomic mass is 16.6. The van der Waals surface area contributed by atoms with Crippen molar-refractivity contribution >= 4 is 17.7 Å². The zero-order valence-electron chi connectivity index (χ0n) is 18.2. The van der Waals surface area contributed by atoms with E-state index >= 15 is 0 Å². The molecule has 0 aliphatic heterocycles. The van der Waals surface area contributed by atoms with Gasteiger partial charge in [0.2, 0.25) is 0 Å². The number of hydrogen-bond donors (Lipinski definition) is 3. The Morgan fingerprint density at radius 2 is 1.94 bits per heavy atom. The number of carboxylic acids is 1. The van der Waals surface area contributed by atoms with E-state index in [1.54, 1.807) is 26.8 Å². The first kappa shape index (κ1) is 23.2. The van der Waals surface area contributed by atoms with Crippen LogP contribution in [0, 0.1) is 5.92 Å². The van der Waals surface area contributed by atoms with Crippen LogP contribution in [0.3, 0.4) is 0 Å². The highest BCUT2D eigenvalue weighted by molar-refractivity contribution is 6.00. The van der Waals surface area contributed by atoms with Gasteiger partial charge in [-0.05, 0) is 52.2 Å². The Balaban J connectivity index is 2.01. The van der Waals surface area contributed by atoms with E-state index in [1.165, 1.54) is 16.8 Å². The largest absolute Gasteiger partial charge is 0.494 e. The second-order valence-electron chi connectivity index (χ2n) is 8.88. The first-order valence-electron chi connectivity index (χ1n) is 10.4. The van der Waals surface area contributed by atoms with Gasteiger partial charge in [0, 0.05) is 30.3 Å². The van der Waals surface area contributed by atoms with Crippen LogP contribution in [0.25, 0.3) is 0 Å². The minimum absolute atomic E-state index is 0.0418. The van der Waals surface area contributed by atoms with Crippen molar-refractivity contribution in [2.45, 2.75) is 64.5 Å². The smallest absolute Gasteiger partial charge is 0.309 e. The van der Waals surface area contributed by atoms with Gasteiger partial charge in [-0.25, -0.2) is 0 Å². The number of aromatic nitrogens is 3. The molecule has 1 aliphatic carbocycles. The van der Waals surface area contributed by atoms with Gasteiger partial charge in [0.15, 0.2) is 17.5 Å². The van der Waals surface area contributed by atoms with Crippen molar-refractivity contribution < 1.29 is 34.4 Å². The van der Waals surface area contributed by atoms with E-state index in [-0.39, 0.29) is 60.8 Å². The van der Waals surface area contributed by atoms with Crippen LogP contribution in [0.4, 0.5) is 0 Å². The first-order valence-corrected chi connectivity index (χ1v) is 10.4. The van der Waals surface area contributed by atoms with Gasteiger partial charge in [0.1, 0.15) is 11.3 Å². The number of ketones is 1. The molecule has 172 valence electrons. The van der Waals surface area contributed by atoms with Crippen LogP contribution < -0.4 is 0 Å². The van der Waals surface area contributed by atoms with Gasteiger partial charge in [-0.3, -0.25) is 19.0 Å². The lowest BCUT2D eigenvalue weighted by molar-refractivity contribution is -0.160. The van der Waals surface area contributed by atoms with Crippen molar-refractivity contribution in [3.05, 3.63) is 35.2 Å². The molecule has 0 saturated heterocycles. The number of esters is 1. The number of Topliss-reactive ketones (excluding diaryl/α,β-unsaturated/α-hetero) is 1. The molecule has 1 aliphatic rings. The molecule has 2 atom stereocenters. The fraction of sp³-hybridized carbons (Fsp3) is 0.500. The molecule has 0 radical (unpaired) electrons. The fourth-order valence-electron chi connectivity index (χ4n) is 3.98. The van der Waals surface area contributed by atoms with Crippen molar-refractivity contribution in [1.82, 2.24) is 14.8 Å². The summed E-state index contributed by atoms with van der Waals surface area (Å²) in [5.41, 5.74) is -0.143. The van der Waals surface area contributed by atoms with Crippen LogP contribution in [-0.4, -0.2) is 53.4 Å². The number of nitrogens with zero attached hydrogens (tertiary/aromatic N) is 3. The van der Waals surface area contributed by atoms with Crippen LogP contribution in [-0.2, 0) is 27.3 Å². The number of rotatable bonds is 7. The molecule has 2 heterocycles. The van der Waals surface area contributed by atoms with Crippen LogP contribution in [0.1, 0.15) is 67.6 Å². The zero-order chi connectivity index (χ0) is 23.6. The summed E-state index contributed by atoms with van der Waals surface area (Å²) in [5, 5.41) is 38.1. The summed E-state index contributed by atoms with van der Waals surface area (Å²) in [6, 6.07) is 3.05. The molecule has 1 unspecified atom stereocenters. The van der Waals surface area contributed by atoms with Gasteiger partial charge in [-0.2, -0.15) is 5.10 Å². The second kappa shape index (κ2) is 8.97. The minimum Gasteiger partial charge on any atom is -0.494 e. The van der Waals surface area contributed by atoms with Crippen LogP contribution >= 0.6 is 0 Å². The lowest BCUT2D eigenvalue weighted by Gasteiger charge is -2.29. The highest BCUT2D eigenvalue weighted by Gasteiger charge is 2.42. The van der Waals surface area contributed by atoms with E-state index in [1.807, 2.05) is 0 Å².